The van der Waals surface area contributed by atoms with Gasteiger partial charge in [-0.2, -0.15) is 0 Å². The minimum atomic E-state index is 0.0834. The summed E-state index contributed by atoms with van der Waals surface area (Å²) in [6.45, 7) is 3.25. The maximum Gasteiger partial charge on any atom is 0.275 e. The average Bonchev–Trinajstić information content (AvgIpc) is 2.56. The van der Waals surface area contributed by atoms with Crippen molar-refractivity contribution in [2.75, 3.05) is 13.6 Å². The molecule has 24 heavy (non-hydrogen) atoms. The first-order chi connectivity index (χ1) is 11.5. The number of carbonyl (C=O) groups is 1. The van der Waals surface area contributed by atoms with Gasteiger partial charge in [-0.25, -0.2) is 0 Å². The zero-order valence-electron chi connectivity index (χ0n) is 14.4. The molecule has 0 aliphatic rings. The molecule has 4 heteroatoms. The monoisotopic (exact) mass is 345 g/mol. The Kier molecular flexibility index (Phi) is 7.29. The molecule has 0 heterocycles. The second kappa shape index (κ2) is 9.45. The Morgan fingerprint density at radius 3 is 2.50 bits per heavy atom. The molecule has 2 aromatic rings. The zero-order valence-corrected chi connectivity index (χ0v) is 15.1. The standard InChI is InChI=1S/C20H25ClN2O/c1-16(12-13-17-8-4-3-5-9-17)22-20(24)15-23(2)14-18-10-6-7-11-19(18)21/h3-11,16H,12-15H2,1-2H3,(H,22,24)/p+1/t16-/m0/s1. The quantitative estimate of drug-likeness (QED) is 0.757. The average molecular weight is 346 g/mol. The Balaban J connectivity index is 1.72. The van der Waals surface area contributed by atoms with Crippen LogP contribution in [0.15, 0.2) is 54.6 Å². The van der Waals surface area contributed by atoms with Gasteiger partial charge in [0.2, 0.25) is 0 Å². The van der Waals surface area contributed by atoms with Gasteiger partial charge < -0.3 is 10.2 Å². The summed E-state index contributed by atoms with van der Waals surface area (Å²) in [5.41, 5.74) is 2.38. The first-order valence-electron chi connectivity index (χ1n) is 8.42. The molecule has 1 amide bonds. The van der Waals surface area contributed by atoms with E-state index in [1.165, 1.54) is 5.56 Å². The Labute approximate surface area is 149 Å². The van der Waals surface area contributed by atoms with Gasteiger partial charge in [0.15, 0.2) is 6.54 Å². The highest BCUT2D eigenvalue weighted by Gasteiger charge is 2.14. The van der Waals surface area contributed by atoms with Crippen LogP contribution >= 0.6 is 11.6 Å². The fraction of sp³-hybridized carbons (Fsp3) is 0.350. The molecule has 1 unspecified atom stereocenters. The second-order valence-corrected chi connectivity index (χ2v) is 6.80. The van der Waals surface area contributed by atoms with Gasteiger partial charge in [0.25, 0.3) is 5.91 Å². The summed E-state index contributed by atoms with van der Waals surface area (Å²) in [6, 6.07) is 18.3. The Hall–Kier alpha value is -1.84. The fourth-order valence-electron chi connectivity index (χ4n) is 2.73. The molecule has 0 aromatic heterocycles. The lowest BCUT2D eigenvalue weighted by atomic mass is 10.1. The first-order valence-corrected chi connectivity index (χ1v) is 8.80. The van der Waals surface area contributed by atoms with Crippen molar-refractivity contribution in [1.29, 1.82) is 0 Å². The van der Waals surface area contributed by atoms with Gasteiger partial charge in [-0.05, 0) is 31.4 Å². The molecule has 2 atom stereocenters. The van der Waals surface area contributed by atoms with E-state index in [2.05, 4.69) is 24.4 Å². The molecule has 2 aromatic carbocycles. The molecule has 128 valence electrons. The number of amides is 1. The lowest BCUT2D eigenvalue weighted by Gasteiger charge is -2.17. The highest BCUT2D eigenvalue weighted by Crippen LogP contribution is 2.13. The van der Waals surface area contributed by atoms with Crippen LogP contribution in [0.25, 0.3) is 0 Å². The van der Waals surface area contributed by atoms with Crippen LogP contribution in [0.3, 0.4) is 0 Å². The minimum absolute atomic E-state index is 0.0834. The number of carbonyl (C=O) groups excluding carboxylic acids is 1. The largest absolute Gasteiger partial charge is 0.349 e. The number of aryl methyl sites for hydroxylation is 1. The van der Waals surface area contributed by atoms with Crippen LogP contribution in [0, 0.1) is 0 Å². The molecule has 2 rings (SSSR count). The molecule has 3 nitrogen and oxygen atoms in total. The van der Waals surface area contributed by atoms with Gasteiger partial charge in [0.05, 0.1) is 7.05 Å². The van der Waals surface area contributed by atoms with Crippen molar-refractivity contribution in [3.8, 4) is 0 Å². The maximum atomic E-state index is 12.2. The lowest BCUT2D eigenvalue weighted by Crippen LogP contribution is -3.09. The van der Waals surface area contributed by atoms with Crippen LogP contribution in [-0.2, 0) is 17.8 Å². The van der Waals surface area contributed by atoms with Crippen molar-refractivity contribution < 1.29 is 9.69 Å². The van der Waals surface area contributed by atoms with Gasteiger partial charge in [-0.1, -0.05) is 60.1 Å². The van der Waals surface area contributed by atoms with Crippen LogP contribution in [0.4, 0.5) is 0 Å². The van der Waals surface area contributed by atoms with Crippen molar-refractivity contribution in [3.05, 3.63) is 70.7 Å². The number of rotatable bonds is 8. The summed E-state index contributed by atoms with van der Waals surface area (Å²) in [6.07, 6.45) is 1.92. The third-order valence-corrected chi connectivity index (χ3v) is 4.40. The molecule has 0 radical (unpaired) electrons. The molecule has 0 spiro atoms. The van der Waals surface area contributed by atoms with E-state index in [1.54, 1.807) is 0 Å². The molecule has 2 N–H and O–H groups in total. The molecule has 0 saturated carbocycles. The van der Waals surface area contributed by atoms with Crippen LogP contribution < -0.4 is 10.2 Å². The van der Waals surface area contributed by atoms with E-state index in [0.29, 0.717) is 6.54 Å². The van der Waals surface area contributed by atoms with Crippen molar-refractivity contribution >= 4 is 17.5 Å². The predicted octanol–water partition coefficient (Wildman–Crippen LogP) is 2.49. The number of halogens is 1. The number of hydrogen-bond donors (Lipinski definition) is 2. The topological polar surface area (TPSA) is 33.5 Å². The van der Waals surface area contributed by atoms with E-state index >= 15 is 0 Å². The van der Waals surface area contributed by atoms with Gasteiger partial charge >= 0.3 is 0 Å². The van der Waals surface area contributed by atoms with E-state index in [1.807, 2.05) is 49.5 Å². The highest BCUT2D eigenvalue weighted by atomic mass is 35.5. The Morgan fingerprint density at radius 1 is 1.12 bits per heavy atom. The number of nitrogens with one attached hydrogen (secondary N) is 2. The molecule has 0 fully saturated rings. The van der Waals surface area contributed by atoms with Crippen molar-refractivity contribution in [3.63, 3.8) is 0 Å². The highest BCUT2D eigenvalue weighted by molar-refractivity contribution is 6.31. The van der Waals surface area contributed by atoms with Gasteiger partial charge in [-0.3, -0.25) is 4.79 Å². The molecule has 0 aliphatic carbocycles. The number of hydrogen-bond acceptors (Lipinski definition) is 1. The Morgan fingerprint density at radius 2 is 1.79 bits per heavy atom. The minimum Gasteiger partial charge on any atom is -0.349 e. The van der Waals surface area contributed by atoms with E-state index < -0.39 is 0 Å². The zero-order chi connectivity index (χ0) is 17.4. The number of quaternary nitrogens is 1. The molecular formula is C20H26ClN2O+. The predicted molar refractivity (Wildman–Crippen MR) is 99.3 cm³/mol. The number of likely N-dealkylation sites (N-methyl/N-ethyl adjacent to an activating group) is 1. The second-order valence-electron chi connectivity index (χ2n) is 6.39. The molecule has 0 aliphatic heterocycles. The van der Waals surface area contributed by atoms with Crippen LogP contribution in [0.5, 0.6) is 0 Å². The fourth-order valence-corrected chi connectivity index (χ4v) is 2.93. The van der Waals surface area contributed by atoms with Gasteiger partial charge in [0, 0.05) is 16.6 Å². The smallest absolute Gasteiger partial charge is 0.275 e. The van der Waals surface area contributed by atoms with Crippen molar-refractivity contribution in [1.82, 2.24) is 5.32 Å². The van der Waals surface area contributed by atoms with Crippen LogP contribution in [0.2, 0.25) is 5.02 Å². The molecular weight excluding hydrogens is 320 g/mol. The maximum absolute atomic E-state index is 12.2. The summed E-state index contributed by atoms with van der Waals surface area (Å²) >= 11 is 6.17. The molecule has 0 saturated heterocycles. The van der Waals surface area contributed by atoms with Crippen LogP contribution in [-0.4, -0.2) is 25.5 Å². The van der Waals surface area contributed by atoms with Crippen molar-refractivity contribution in [2.45, 2.75) is 32.4 Å². The summed E-state index contributed by atoms with van der Waals surface area (Å²) in [5.74, 6) is 0.0834. The van der Waals surface area contributed by atoms with Gasteiger partial charge in [-0.15, -0.1) is 0 Å². The third-order valence-electron chi connectivity index (χ3n) is 4.03. The lowest BCUT2D eigenvalue weighted by molar-refractivity contribution is -0.885. The van der Waals surface area contributed by atoms with Crippen molar-refractivity contribution in [2.24, 2.45) is 0 Å². The SMILES string of the molecule is C[C@@H](CCc1ccccc1)NC(=O)C[NH+](C)Cc1ccccc1Cl. The van der Waals surface area contributed by atoms with E-state index in [-0.39, 0.29) is 11.9 Å². The normalized spacial score (nSPS) is 13.3. The third kappa shape index (κ3) is 6.34. The molecule has 0 bridgehead atoms. The summed E-state index contributed by atoms with van der Waals surface area (Å²) in [4.78, 5) is 13.3. The van der Waals surface area contributed by atoms with E-state index in [4.69, 9.17) is 11.6 Å². The van der Waals surface area contributed by atoms with E-state index in [0.717, 1.165) is 34.9 Å². The number of benzene rings is 2. The summed E-state index contributed by atoms with van der Waals surface area (Å²) in [7, 11) is 2.01. The first kappa shape index (κ1) is 18.5. The summed E-state index contributed by atoms with van der Waals surface area (Å²) in [5, 5.41) is 3.85. The Bertz CT molecular complexity index is 645. The van der Waals surface area contributed by atoms with Crippen LogP contribution in [0.1, 0.15) is 24.5 Å². The summed E-state index contributed by atoms with van der Waals surface area (Å²) < 4.78 is 0. The van der Waals surface area contributed by atoms with E-state index in [9.17, 15) is 4.79 Å². The van der Waals surface area contributed by atoms with Gasteiger partial charge in [0.1, 0.15) is 6.54 Å².